The lowest BCUT2D eigenvalue weighted by Gasteiger charge is -2.08. The quantitative estimate of drug-likeness (QED) is 0.685. The number of carboxylic acid groups (broad SMARTS) is 1. The van der Waals surface area contributed by atoms with E-state index in [4.69, 9.17) is 21.4 Å². The second-order valence-corrected chi connectivity index (χ2v) is 4.18. The van der Waals surface area contributed by atoms with E-state index in [-0.39, 0.29) is 27.8 Å². The molecule has 6 nitrogen and oxygen atoms in total. The summed E-state index contributed by atoms with van der Waals surface area (Å²) in [6.07, 6.45) is 0. The highest BCUT2D eigenvalue weighted by molar-refractivity contribution is 6.32. The number of aromatic carboxylic acids is 1. The van der Waals surface area contributed by atoms with E-state index in [1.165, 1.54) is 36.4 Å². The molecule has 0 aromatic heterocycles. The summed E-state index contributed by atoms with van der Waals surface area (Å²) >= 11 is 5.90. The van der Waals surface area contributed by atoms with Crippen LogP contribution in [0.1, 0.15) is 10.4 Å². The number of ether oxygens (including phenoxy) is 1. The molecule has 0 spiro atoms. The van der Waals surface area contributed by atoms with Gasteiger partial charge in [0.1, 0.15) is 5.75 Å². The fourth-order valence-corrected chi connectivity index (χ4v) is 1.75. The van der Waals surface area contributed by atoms with Crippen LogP contribution in [-0.2, 0) is 0 Å². The molecule has 1 N–H and O–H groups in total. The standard InChI is InChI=1S/C13H8ClNO5/c14-9-7-8(13(16)17)5-6-11(9)20-12-4-2-1-3-10(12)15(18)19/h1-7H,(H,16,17). The second kappa shape index (κ2) is 5.58. The van der Waals surface area contributed by atoms with Crippen molar-refractivity contribution in [1.82, 2.24) is 0 Å². The van der Waals surface area contributed by atoms with Gasteiger partial charge < -0.3 is 9.84 Å². The Hall–Kier alpha value is -2.60. The van der Waals surface area contributed by atoms with Gasteiger partial charge in [0.25, 0.3) is 0 Å². The van der Waals surface area contributed by atoms with Gasteiger partial charge in [0.15, 0.2) is 0 Å². The molecule has 0 radical (unpaired) electrons. The van der Waals surface area contributed by atoms with E-state index in [2.05, 4.69) is 0 Å². The molecule has 0 aliphatic carbocycles. The average molecular weight is 294 g/mol. The van der Waals surface area contributed by atoms with Gasteiger partial charge in [-0.15, -0.1) is 0 Å². The Labute approximate surface area is 118 Å². The number of nitro benzene ring substituents is 1. The van der Waals surface area contributed by atoms with Gasteiger partial charge in [0, 0.05) is 6.07 Å². The Kier molecular flexibility index (Phi) is 3.86. The van der Waals surface area contributed by atoms with Crippen molar-refractivity contribution in [2.45, 2.75) is 0 Å². The number of halogens is 1. The largest absolute Gasteiger partial charge is 0.478 e. The van der Waals surface area contributed by atoms with Crippen LogP contribution in [0.4, 0.5) is 5.69 Å². The van der Waals surface area contributed by atoms with Crippen LogP contribution in [-0.4, -0.2) is 16.0 Å². The number of hydrogen-bond donors (Lipinski definition) is 1. The molecule has 0 aliphatic rings. The summed E-state index contributed by atoms with van der Waals surface area (Å²) in [6.45, 7) is 0. The van der Waals surface area contributed by atoms with Crippen molar-refractivity contribution >= 4 is 23.3 Å². The van der Waals surface area contributed by atoms with Gasteiger partial charge in [-0.2, -0.15) is 0 Å². The molecule has 2 aromatic rings. The first-order valence-electron chi connectivity index (χ1n) is 5.43. The summed E-state index contributed by atoms with van der Waals surface area (Å²) in [5.41, 5.74) is -0.198. The normalized spacial score (nSPS) is 10.1. The Morgan fingerprint density at radius 3 is 2.50 bits per heavy atom. The summed E-state index contributed by atoms with van der Waals surface area (Å²) in [5, 5.41) is 19.7. The summed E-state index contributed by atoms with van der Waals surface area (Å²) < 4.78 is 5.37. The maximum absolute atomic E-state index is 10.9. The second-order valence-electron chi connectivity index (χ2n) is 3.78. The van der Waals surface area contributed by atoms with Crippen LogP contribution in [0.25, 0.3) is 0 Å². The van der Waals surface area contributed by atoms with Gasteiger partial charge in [0.2, 0.25) is 5.75 Å². The van der Waals surface area contributed by atoms with Crippen molar-refractivity contribution in [3.8, 4) is 11.5 Å². The lowest BCUT2D eigenvalue weighted by Crippen LogP contribution is -1.97. The van der Waals surface area contributed by atoms with Crippen molar-refractivity contribution in [3.63, 3.8) is 0 Å². The van der Waals surface area contributed by atoms with E-state index in [0.29, 0.717) is 0 Å². The lowest BCUT2D eigenvalue weighted by molar-refractivity contribution is -0.385. The molecule has 0 fully saturated rings. The minimum Gasteiger partial charge on any atom is -0.478 e. The van der Waals surface area contributed by atoms with Crippen molar-refractivity contribution in [1.29, 1.82) is 0 Å². The summed E-state index contributed by atoms with van der Waals surface area (Å²) in [6, 6.07) is 9.70. The van der Waals surface area contributed by atoms with Crippen LogP contribution >= 0.6 is 11.6 Å². The third-order valence-electron chi connectivity index (χ3n) is 2.46. The number of nitro groups is 1. The summed E-state index contributed by atoms with van der Waals surface area (Å²) in [7, 11) is 0. The van der Waals surface area contributed by atoms with Crippen molar-refractivity contribution in [2.24, 2.45) is 0 Å². The van der Waals surface area contributed by atoms with E-state index in [9.17, 15) is 14.9 Å². The first-order valence-corrected chi connectivity index (χ1v) is 5.81. The Morgan fingerprint density at radius 1 is 1.20 bits per heavy atom. The summed E-state index contributed by atoms with van der Waals surface area (Å²) in [4.78, 5) is 21.1. The Morgan fingerprint density at radius 2 is 1.90 bits per heavy atom. The van der Waals surface area contributed by atoms with Gasteiger partial charge >= 0.3 is 11.7 Å². The smallest absolute Gasteiger partial charge is 0.335 e. The van der Waals surface area contributed by atoms with Gasteiger partial charge in [-0.3, -0.25) is 10.1 Å². The van der Waals surface area contributed by atoms with Crippen LogP contribution in [0.3, 0.4) is 0 Å². The molecule has 0 unspecified atom stereocenters. The van der Waals surface area contributed by atoms with Crippen molar-refractivity contribution < 1.29 is 19.6 Å². The molecule has 0 heterocycles. The number of rotatable bonds is 4. The van der Waals surface area contributed by atoms with E-state index in [0.717, 1.165) is 0 Å². The zero-order chi connectivity index (χ0) is 14.7. The van der Waals surface area contributed by atoms with E-state index in [1.54, 1.807) is 6.07 Å². The van der Waals surface area contributed by atoms with Crippen LogP contribution in [0.15, 0.2) is 42.5 Å². The molecular formula is C13H8ClNO5. The van der Waals surface area contributed by atoms with Crippen molar-refractivity contribution in [3.05, 3.63) is 63.2 Å². The minimum atomic E-state index is -1.12. The van der Waals surface area contributed by atoms with Crippen molar-refractivity contribution in [2.75, 3.05) is 0 Å². The number of hydrogen-bond acceptors (Lipinski definition) is 4. The first-order chi connectivity index (χ1) is 9.49. The fraction of sp³-hybridized carbons (Fsp3) is 0. The first kappa shape index (κ1) is 13.8. The van der Waals surface area contributed by atoms with Crippen LogP contribution in [0.2, 0.25) is 5.02 Å². The third kappa shape index (κ3) is 2.86. The van der Waals surface area contributed by atoms with Crippen LogP contribution in [0.5, 0.6) is 11.5 Å². The molecule has 0 saturated heterocycles. The number of carbonyl (C=O) groups is 1. The minimum absolute atomic E-state index is 0.00455. The molecule has 20 heavy (non-hydrogen) atoms. The predicted molar refractivity (Wildman–Crippen MR) is 71.6 cm³/mol. The van der Waals surface area contributed by atoms with Gasteiger partial charge in [0.05, 0.1) is 15.5 Å². The zero-order valence-corrected chi connectivity index (χ0v) is 10.7. The molecule has 0 saturated carbocycles. The van der Waals surface area contributed by atoms with Gasteiger partial charge in [-0.05, 0) is 24.3 Å². The Bertz CT molecular complexity index is 686. The SMILES string of the molecule is O=C(O)c1ccc(Oc2ccccc2[N+](=O)[O-])c(Cl)c1. The highest BCUT2D eigenvalue weighted by Gasteiger charge is 2.16. The maximum Gasteiger partial charge on any atom is 0.335 e. The van der Waals surface area contributed by atoms with Crippen LogP contribution < -0.4 is 4.74 Å². The van der Waals surface area contributed by atoms with Gasteiger partial charge in [-0.1, -0.05) is 23.7 Å². The monoisotopic (exact) mass is 293 g/mol. The lowest BCUT2D eigenvalue weighted by atomic mass is 10.2. The predicted octanol–water partition coefficient (Wildman–Crippen LogP) is 3.74. The van der Waals surface area contributed by atoms with Gasteiger partial charge in [-0.25, -0.2) is 4.79 Å². The number of benzene rings is 2. The number of nitrogens with zero attached hydrogens (tertiary/aromatic N) is 1. The third-order valence-corrected chi connectivity index (χ3v) is 2.76. The average Bonchev–Trinajstić information content (AvgIpc) is 2.41. The highest BCUT2D eigenvalue weighted by Crippen LogP contribution is 2.34. The molecule has 7 heteroatoms. The fourth-order valence-electron chi connectivity index (χ4n) is 1.53. The molecule has 2 rings (SSSR count). The van der Waals surface area contributed by atoms with E-state index < -0.39 is 10.9 Å². The Balaban J connectivity index is 2.36. The number of para-hydroxylation sites is 2. The summed E-state index contributed by atoms with van der Waals surface area (Å²) in [5.74, 6) is -0.947. The molecular weight excluding hydrogens is 286 g/mol. The van der Waals surface area contributed by atoms with Crippen LogP contribution in [0, 0.1) is 10.1 Å². The molecule has 0 bridgehead atoms. The van der Waals surface area contributed by atoms with E-state index in [1.807, 2.05) is 0 Å². The highest BCUT2D eigenvalue weighted by atomic mass is 35.5. The number of carboxylic acids is 1. The zero-order valence-electron chi connectivity index (χ0n) is 9.95. The topological polar surface area (TPSA) is 89.7 Å². The molecule has 2 aromatic carbocycles. The molecule has 0 aliphatic heterocycles. The maximum atomic E-state index is 10.9. The molecule has 0 atom stereocenters. The van der Waals surface area contributed by atoms with E-state index >= 15 is 0 Å². The molecule has 0 amide bonds. The molecule has 102 valence electrons.